The first kappa shape index (κ1) is 12.4. The van der Waals surface area contributed by atoms with Gasteiger partial charge >= 0.3 is 0 Å². The van der Waals surface area contributed by atoms with Crippen LogP contribution in [0.5, 0.6) is 5.75 Å². The minimum absolute atomic E-state index is 0.0307. The molecule has 17 heavy (non-hydrogen) atoms. The molecular formula is C12H15BrN2O2. The number of rotatable bonds is 2. The molecule has 1 unspecified atom stereocenters. The maximum absolute atomic E-state index is 12.1. The lowest BCUT2D eigenvalue weighted by atomic mass is 10.0. The van der Waals surface area contributed by atoms with Crippen molar-refractivity contribution in [3.8, 4) is 5.75 Å². The van der Waals surface area contributed by atoms with Crippen molar-refractivity contribution in [2.75, 3.05) is 11.9 Å². The summed E-state index contributed by atoms with van der Waals surface area (Å²) in [6.45, 7) is 4.15. The standard InChI is InChI=1S/C12H15BrN2O2/c1-7(2)6-9-12(16)15(3)11-8(17-9)4-5-10(13)14-11/h4-5,7,9H,6H2,1-3H3. The van der Waals surface area contributed by atoms with E-state index < -0.39 is 6.10 Å². The number of anilines is 1. The van der Waals surface area contributed by atoms with Gasteiger partial charge in [0.25, 0.3) is 5.91 Å². The summed E-state index contributed by atoms with van der Waals surface area (Å²) in [4.78, 5) is 17.9. The normalized spacial score (nSPS) is 19.2. The summed E-state index contributed by atoms with van der Waals surface area (Å²) in [5.74, 6) is 1.63. The zero-order valence-electron chi connectivity index (χ0n) is 10.1. The smallest absolute Gasteiger partial charge is 0.269 e. The Hall–Kier alpha value is -1.10. The van der Waals surface area contributed by atoms with Crippen LogP contribution in [0.1, 0.15) is 20.3 Å². The largest absolute Gasteiger partial charge is 0.477 e. The summed E-state index contributed by atoms with van der Waals surface area (Å²) < 4.78 is 6.40. The number of ether oxygens (including phenoxy) is 1. The number of hydrogen-bond acceptors (Lipinski definition) is 3. The van der Waals surface area contributed by atoms with Gasteiger partial charge in [0.1, 0.15) is 4.60 Å². The van der Waals surface area contributed by atoms with Crippen LogP contribution in [0.15, 0.2) is 16.7 Å². The summed E-state index contributed by atoms with van der Waals surface area (Å²) >= 11 is 3.29. The number of nitrogens with zero attached hydrogens (tertiary/aromatic N) is 2. The first-order valence-electron chi connectivity index (χ1n) is 5.60. The molecule has 0 bridgehead atoms. The van der Waals surface area contributed by atoms with E-state index in [4.69, 9.17) is 4.74 Å². The van der Waals surface area contributed by atoms with E-state index in [0.717, 1.165) is 6.42 Å². The van der Waals surface area contributed by atoms with Crippen molar-refractivity contribution in [1.82, 2.24) is 4.98 Å². The van der Waals surface area contributed by atoms with E-state index in [1.807, 2.05) is 12.1 Å². The quantitative estimate of drug-likeness (QED) is 0.788. The van der Waals surface area contributed by atoms with Crippen molar-refractivity contribution >= 4 is 27.7 Å². The van der Waals surface area contributed by atoms with Crippen LogP contribution < -0.4 is 9.64 Å². The van der Waals surface area contributed by atoms with Crippen LogP contribution in [0.4, 0.5) is 5.82 Å². The van der Waals surface area contributed by atoms with E-state index in [9.17, 15) is 4.79 Å². The van der Waals surface area contributed by atoms with Crippen molar-refractivity contribution in [2.24, 2.45) is 5.92 Å². The molecule has 1 aromatic heterocycles. The molecule has 0 aromatic carbocycles. The Labute approximate surface area is 109 Å². The third-order valence-corrected chi connectivity index (χ3v) is 3.13. The van der Waals surface area contributed by atoms with Crippen molar-refractivity contribution < 1.29 is 9.53 Å². The van der Waals surface area contributed by atoms with Gasteiger partial charge in [-0.25, -0.2) is 4.98 Å². The highest BCUT2D eigenvalue weighted by Crippen LogP contribution is 2.33. The highest BCUT2D eigenvalue weighted by Gasteiger charge is 2.33. The molecule has 0 radical (unpaired) electrons. The molecule has 1 aliphatic heterocycles. The maximum Gasteiger partial charge on any atom is 0.269 e. The number of halogens is 1. The monoisotopic (exact) mass is 298 g/mol. The first-order chi connectivity index (χ1) is 7.99. The number of likely N-dealkylation sites (N-methyl/N-ethyl adjacent to an activating group) is 1. The molecule has 0 saturated heterocycles. The summed E-state index contributed by atoms with van der Waals surface area (Å²) in [5, 5.41) is 0. The Morgan fingerprint density at radius 3 is 2.88 bits per heavy atom. The molecule has 2 heterocycles. The van der Waals surface area contributed by atoms with Gasteiger partial charge in [-0.15, -0.1) is 0 Å². The number of pyridine rings is 1. The highest BCUT2D eigenvalue weighted by atomic mass is 79.9. The van der Waals surface area contributed by atoms with Crippen LogP contribution in [0.2, 0.25) is 0 Å². The molecule has 4 nitrogen and oxygen atoms in total. The second kappa shape index (κ2) is 4.64. The van der Waals surface area contributed by atoms with Gasteiger partial charge in [0.15, 0.2) is 17.7 Å². The Morgan fingerprint density at radius 2 is 2.24 bits per heavy atom. The van der Waals surface area contributed by atoms with Gasteiger partial charge in [-0.05, 0) is 40.4 Å². The maximum atomic E-state index is 12.1. The van der Waals surface area contributed by atoms with Crippen molar-refractivity contribution in [3.63, 3.8) is 0 Å². The molecule has 0 aliphatic carbocycles. The molecule has 5 heteroatoms. The SMILES string of the molecule is CC(C)CC1Oc2ccc(Br)nc2N(C)C1=O. The zero-order chi connectivity index (χ0) is 12.6. The van der Waals surface area contributed by atoms with E-state index in [0.29, 0.717) is 22.1 Å². The van der Waals surface area contributed by atoms with Gasteiger partial charge in [0.2, 0.25) is 0 Å². The van der Waals surface area contributed by atoms with Gasteiger partial charge < -0.3 is 4.74 Å². The van der Waals surface area contributed by atoms with E-state index in [-0.39, 0.29) is 5.91 Å². The van der Waals surface area contributed by atoms with Crippen LogP contribution >= 0.6 is 15.9 Å². The topological polar surface area (TPSA) is 42.4 Å². The summed E-state index contributed by atoms with van der Waals surface area (Å²) in [7, 11) is 1.73. The molecule has 1 atom stereocenters. The molecule has 0 N–H and O–H groups in total. The van der Waals surface area contributed by atoms with Gasteiger partial charge in [-0.1, -0.05) is 13.8 Å². The predicted molar refractivity (Wildman–Crippen MR) is 69.2 cm³/mol. The number of carbonyl (C=O) groups is 1. The average molecular weight is 299 g/mol. The molecule has 0 saturated carbocycles. The first-order valence-corrected chi connectivity index (χ1v) is 6.39. The Kier molecular flexibility index (Phi) is 3.38. The number of fused-ring (bicyclic) bond motifs is 1. The summed E-state index contributed by atoms with van der Waals surface area (Å²) in [6.07, 6.45) is 0.328. The third-order valence-electron chi connectivity index (χ3n) is 2.68. The average Bonchev–Trinajstić information content (AvgIpc) is 2.26. The minimum Gasteiger partial charge on any atom is -0.477 e. The third kappa shape index (κ3) is 2.44. The fourth-order valence-corrected chi connectivity index (χ4v) is 2.15. The molecule has 1 aliphatic rings. The number of hydrogen-bond donors (Lipinski definition) is 0. The van der Waals surface area contributed by atoms with E-state index >= 15 is 0 Å². The fourth-order valence-electron chi connectivity index (χ4n) is 1.85. The van der Waals surface area contributed by atoms with Gasteiger partial charge in [0, 0.05) is 7.05 Å². The Balaban J connectivity index is 2.32. The molecule has 2 rings (SSSR count). The van der Waals surface area contributed by atoms with Gasteiger partial charge in [0.05, 0.1) is 0 Å². The molecule has 0 fully saturated rings. The van der Waals surface area contributed by atoms with Gasteiger partial charge in [-0.3, -0.25) is 9.69 Å². The Morgan fingerprint density at radius 1 is 1.53 bits per heavy atom. The van der Waals surface area contributed by atoms with Crippen LogP contribution in [0.3, 0.4) is 0 Å². The second-order valence-electron chi connectivity index (χ2n) is 4.59. The lowest BCUT2D eigenvalue weighted by Gasteiger charge is -2.31. The van der Waals surface area contributed by atoms with E-state index in [1.165, 1.54) is 0 Å². The van der Waals surface area contributed by atoms with Crippen molar-refractivity contribution in [1.29, 1.82) is 0 Å². The molecule has 1 amide bonds. The molecule has 0 spiro atoms. The number of amides is 1. The van der Waals surface area contributed by atoms with Crippen molar-refractivity contribution in [3.05, 3.63) is 16.7 Å². The van der Waals surface area contributed by atoms with Crippen LogP contribution in [0.25, 0.3) is 0 Å². The Bertz CT molecular complexity index is 448. The van der Waals surface area contributed by atoms with Crippen LogP contribution in [-0.4, -0.2) is 24.0 Å². The molecule has 1 aromatic rings. The van der Waals surface area contributed by atoms with E-state index in [1.54, 1.807) is 11.9 Å². The highest BCUT2D eigenvalue weighted by molar-refractivity contribution is 9.10. The van der Waals surface area contributed by atoms with Crippen LogP contribution in [0, 0.1) is 5.92 Å². The lowest BCUT2D eigenvalue weighted by molar-refractivity contribution is -0.126. The summed E-state index contributed by atoms with van der Waals surface area (Å²) in [5.41, 5.74) is 0. The fraction of sp³-hybridized carbons (Fsp3) is 0.500. The second-order valence-corrected chi connectivity index (χ2v) is 5.40. The van der Waals surface area contributed by atoms with Crippen LogP contribution in [-0.2, 0) is 4.79 Å². The summed E-state index contributed by atoms with van der Waals surface area (Å²) in [6, 6.07) is 3.65. The number of carbonyl (C=O) groups excluding carboxylic acids is 1. The zero-order valence-corrected chi connectivity index (χ0v) is 11.7. The van der Waals surface area contributed by atoms with Crippen molar-refractivity contribution in [2.45, 2.75) is 26.4 Å². The predicted octanol–water partition coefficient (Wildman–Crippen LogP) is 2.61. The molecule has 92 valence electrons. The van der Waals surface area contributed by atoms with E-state index in [2.05, 4.69) is 34.8 Å². The minimum atomic E-state index is -0.393. The number of aromatic nitrogens is 1. The van der Waals surface area contributed by atoms with Gasteiger partial charge in [-0.2, -0.15) is 0 Å². The lowest BCUT2D eigenvalue weighted by Crippen LogP contribution is -2.44. The molecular weight excluding hydrogens is 284 g/mol.